The van der Waals surface area contributed by atoms with Crippen molar-refractivity contribution in [3.05, 3.63) is 59.9 Å². The summed E-state index contributed by atoms with van der Waals surface area (Å²) in [7, 11) is 0. The highest BCUT2D eigenvalue weighted by Gasteiger charge is 2.30. The molecule has 1 saturated heterocycles. The van der Waals surface area contributed by atoms with E-state index in [0.717, 1.165) is 31.4 Å². The second-order valence-corrected chi connectivity index (χ2v) is 6.08. The fraction of sp³-hybridized carbons (Fsp3) is 0.278. The van der Waals surface area contributed by atoms with Crippen molar-refractivity contribution in [2.24, 2.45) is 0 Å². The first-order valence-electron chi connectivity index (χ1n) is 8.38. The van der Waals surface area contributed by atoms with Crippen LogP contribution in [0.1, 0.15) is 41.2 Å². The Bertz CT molecular complexity index is 849. The molecule has 1 fully saturated rings. The van der Waals surface area contributed by atoms with Crippen LogP contribution in [0.4, 0.5) is 0 Å². The topological polar surface area (TPSA) is 87.7 Å². The Morgan fingerprint density at radius 1 is 1.16 bits per heavy atom. The van der Waals surface area contributed by atoms with Crippen molar-refractivity contribution in [2.45, 2.75) is 25.3 Å². The molecule has 0 saturated carbocycles. The summed E-state index contributed by atoms with van der Waals surface area (Å²) in [5, 5.41) is 14.1. The number of nitrogens with zero attached hydrogens (tertiary/aromatic N) is 5. The minimum atomic E-state index is -0.00560. The van der Waals surface area contributed by atoms with Crippen LogP contribution < -0.4 is 0 Å². The lowest BCUT2D eigenvalue weighted by molar-refractivity contribution is 0.0612. The summed E-state index contributed by atoms with van der Waals surface area (Å²) >= 11 is 0. The predicted molar refractivity (Wildman–Crippen MR) is 91.5 cm³/mol. The normalized spacial score (nSPS) is 17.4. The Balaban J connectivity index is 1.70. The highest BCUT2D eigenvalue weighted by atomic mass is 16.2. The van der Waals surface area contributed by atoms with E-state index in [1.54, 1.807) is 6.20 Å². The van der Waals surface area contributed by atoms with Crippen LogP contribution in [0.15, 0.2) is 48.8 Å². The van der Waals surface area contributed by atoms with Crippen molar-refractivity contribution in [3.63, 3.8) is 0 Å². The maximum Gasteiger partial charge on any atom is 0.255 e. The highest BCUT2D eigenvalue weighted by molar-refractivity contribution is 6.00. The molecular weight excluding hydrogens is 316 g/mol. The molecule has 7 heteroatoms. The number of pyridine rings is 1. The van der Waals surface area contributed by atoms with Gasteiger partial charge in [0.15, 0.2) is 0 Å². The zero-order valence-corrected chi connectivity index (χ0v) is 13.7. The average Bonchev–Trinajstić information content (AvgIpc) is 3.23. The van der Waals surface area contributed by atoms with Crippen LogP contribution in [0.25, 0.3) is 11.4 Å². The van der Waals surface area contributed by atoms with Crippen molar-refractivity contribution < 1.29 is 4.79 Å². The summed E-state index contributed by atoms with van der Waals surface area (Å²) in [4.78, 5) is 19.5. The van der Waals surface area contributed by atoms with Gasteiger partial charge >= 0.3 is 0 Å². The summed E-state index contributed by atoms with van der Waals surface area (Å²) < 4.78 is 0. The molecule has 0 radical (unpaired) electrons. The summed E-state index contributed by atoms with van der Waals surface area (Å²) in [6.07, 6.45) is 6.66. The number of aromatic amines is 1. The number of carbonyl (C=O) groups is 1. The summed E-state index contributed by atoms with van der Waals surface area (Å²) in [6.45, 7) is 0.735. The van der Waals surface area contributed by atoms with Crippen LogP contribution in [0.5, 0.6) is 0 Å². The molecule has 1 atom stereocenters. The summed E-state index contributed by atoms with van der Waals surface area (Å²) in [5.74, 6) is 0.424. The van der Waals surface area contributed by atoms with Gasteiger partial charge in [-0.05, 0) is 42.2 Å². The van der Waals surface area contributed by atoms with Gasteiger partial charge in [0.25, 0.3) is 5.91 Å². The molecule has 1 aliphatic heterocycles. The minimum absolute atomic E-state index is 0.00560. The lowest BCUT2D eigenvalue weighted by Crippen LogP contribution is -2.38. The zero-order chi connectivity index (χ0) is 17.1. The van der Waals surface area contributed by atoms with Crippen LogP contribution in [0.2, 0.25) is 0 Å². The quantitative estimate of drug-likeness (QED) is 0.795. The fourth-order valence-corrected chi connectivity index (χ4v) is 3.39. The number of hydrogen-bond acceptors (Lipinski definition) is 5. The Morgan fingerprint density at radius 2 is 2.08 bits per heavy atom. The number of aromatic nitrogens is 5. The summed E-state index contributed by atoms with van der Waals surface area (Å²) in [6, 6.07) is 11.4. The van der Waals surface area contributed by atoms with Crippen LogP contribution >= 0.6 is 0 Å². The molecule has 1 aliphatic rings. The largest absolute Gasteiger partial charge is 0.332 e. The molecule has 126 valence electrons. The molecule has 0 unspecified atom stereocenters. The molecule has 1 aromatic carbocycles. The van der Waals surface area contributed by atoms with E-state index in [4.69, 9.17) is 0 Å². The van der Waals surface area contributed by atoms with Gasteiger partial charge in [0.2, 0.25) is 5.82 Å². The number of nitrogens with one attached hydrogen (secondary N) is 1. The van der Waals surface area contributed by atoms with E-state index in [2.05, 4.69) is 25.6 Å². The molecular formula is C18H18N6O. The lowest BCUT2D eigenvalue weighted by Gasteiger charge is -2.36. The fourth-order valence-electron chi connectivity index (χ4n) is 3.39. The van der Waals surface area contributed by atoms with Gasteiger partial charge in [-0.25, -0.2) is 0 Å². The molecule has 7 nitrogen and oxygen atoms in total. The van der Waals surface area contributed by atoms with Crippen LogP contribution in [0, 0.1) is 0 Å². The number of benzene rings is 1. The van der Waals surface area contributed by atoms with Gasteiger partial charge in [-0.15, -0.1) is 10.2 Å². The third-order valence-corrected chi connectivity index (χ3v) is 4.58. The number of amides is 1. The Hall–Kier alpha value is -3.09. The zero-order valence-electron chi connectivity index (χ0n) is 13.7. The van der Waals surface area contributed by atoms with E-state index in [9.17, 15) is 4.79 Å². The second kappa shape index (κ2) is 6.80. The van der Waals surface area contributed by atoms with Gasteiger partial charge in [-0.3, -0.25) is 9.78 Å². The molecule has 25 heavy (non-hydrogen) atoms. The molecule has 1 amide bonds. The molecule has 1 N–H and O–H groups in total. The van der Waals surface area contributed by atoms with Gasteiger partial charge < -0.3 is 4.90 Å². The van der Waals surface area contributed by atoms with Crippen molar-refractivity contribution in [1.82, 2.24) is 30.5 Å². The first-order valence-corrected chi connectivity index (χ1v) is 8.38. The maximum absolute atomic E-state index is 13.3. The minimum Gasteiger partial charge on any atom is -0.332 e. The van der Waals surface area contributed by atoms with Gasteiger partial charge in [-0.2, -0.15) is 5.21 Å². The van der Waals surface area contributed by atoms with Gasteiger partial charge in [-0.1, -0.05) is 24.3 Å². The third-order valence-electron chi connectivity index (χ3n) is 4.58. The SMILES string of the molecule is O=C(c1ccccc1-c1nn[nH]n1)N1CCCC[C@H]1c1cccnc1. The monoisotopic (exact) mass is 334 g/mol. The van der Waals surface area contributed by atoms with E-state index in [1.807, 2.05) is 47.5 Å². The van der Waals surface area contributed by atoms with Crippen molar-refractivity contribution in [2.75, 3.05) is 6.54 Å². The summed E-state index contributed by atoms with van der Waals surface area (Å²) in [5.41, 5.74) is 2.36. The van der Waals surface area contributed by atoms with Gasteiger partial charge in [0.1, 0.15) is 0 Å². The van der Waals surface area contributed by atoms with E-state index >= 15 is 0 Å². The Morgan fingerprint density at radius 3 is 2.88 bits per heavy atom. The second-order valence-electron chi connectivity index (χ2n) is 6.08. The molecule has 4 rings (SSSR count). The first-order chi connectivity index (χ1) is 12.3. The molecule has 3 heterocycles. The molecule has 3 aromatic rings. The van der Waals surface area contributed by atoms with Gasteiger partial charge in [0, 0.05) is 24.5 Å². The van der Waals surface area contributed by atoms with Gasteiger partial charge in [0.05, 0.1) is 11.6 Å². The number of piperidine rings is 1. The smallest absolute Gasteiger partial charge is 0.255 e. The highest BCUT2D eigenvalue weighted by Crippen LogP contribution is 2.33. The predicted octanol–water partition coefficient (Wildman–Crippen LogP) is 2.63. The number of tetrazole rings is 1. The van der Waals surface area contributed by atoms with Crippen molar-refractivity contribution in [3.8, 4) is 11.4 Å². The number of carbonyl (C=O) groups excluding carboxylic acids is 1. The molecule has 0 aliphatic carbocycles. The number of rotatable bonds is 3. The van der Waals surface area contributed by atoms with E-state index < -0.39 is 0 Å². The van der Waals surface area contributed by atoms with E-state index in [0.29, 0.717) is 17.0 Å². The van der Waals surface area contributed by atoms with Crippen molar-refractivity contribution >= 4 is 5.91 Å². The van der Waals surface area contributed by atoms with Crippen LogP contribution in [0.3, 0.4) is 0 Å². The number of likely N-dealkylation sites (tertiary alicyclic amines) is 1. The van der Waals surface area contributed by atoms with E-state index in [-0.39, 0.29) is 11.9 Å². The molecule has 0 spiro atoms. The van der Waals surface area contributed by atoms with Crippen LogP contribution in [-0.2, 0) is 0 Å². The molecule has 2 aromatic heterocycles. The standard InChI is InChI=1S/C18H18N6O/c25-18(15-8-2-1-7-14(15)17-20-22-23-21-17)24-11-4-3-9-16(24)13-6-5-10-19-12-13/h1-2,5-8,10,12,16H,3-4,9,11H2,(H,20,21,22,23)/t16-/m0/s1. The first kappa shape index (κ1) is 15.4. The van der Waals surface area contributed by atoms with Crippen LogP contribution in [-0.4, -0.2) is 43.0 Å². The Kier molecular flexibility index (Phi) is 4.20. The number of hydrogen-bond donors (Lipinski definition) is 1. The third kappa shape index (κ3) is 3.00. The lowest BCUT2D eigenvalue weighted by atomic mass is 9.94. The average molecular weight is 334 g/mol. The number of H-pyrrole nitrogens is 1. The Labute approximate surface area is 145 Å². The van der Waals surface area contributed by atoms with E-state index in [1.165, 1.54) is 0 Å². The maximum atomic E-state index is 13.3. The van der Waals surface area contributed by atoms with Crippen molar-refractivity contribution in [1.29, 1.82) is 0 Å². The molecule has 0 bridgehead atoms.